The summed E-state index contributed by atoms with van der Waals surface area (Å²) >= 11 is 0. The van der Waals surface area contributed by atoms with E-state index in [1.807, 2.05) is 18.2 Å². The van der Waals surface area contributed by atoms with Crippen molar-refractivity contribution >= 4 is 5.97 Å². The second-order valence-corrected chi connectivity index (χ2v) is 8.17. The van der Waals surface area contributed by atoms with E-state index in [0.717, 1.165) is 24.3 Å². The van der Waals surface area contributed by atoms with E-state index < -0.39 is 5.97 Å². The van der Waals surface area contributed by atoms with Crippen LogP contribution in [0.2, 0.25) is 0 Å². The molecule has 0 spiro atoms. The van der Waals surface area contributed by atoms with Crippen molar-refractivity contribution in [3.8, 4) is 17.6 Å². The van der Waals surface area contributed by atoms with Gasteiger partial charge >= 0.3 is 5.97 Å². The first-order valence-electron chi connectivity index (χ1n) is 10.7. The van der Waals surface area contributed by atoms with Gasteiger partial charge in [0.25, 0.3) is 0 Å². The van der Waals surface area contributed by atoms with Crippen LogP contribution in [0, 0.1) is 11.8 Å². The summed E-state index contributed by atoms with van der Waals surface area (Å²) in [4.78, 5) is 14.9. The molecule has 0 radical (unpaired) electrons. The van der Waals surface area contributed by atoms with Gasteiger partial charge in [-0.2, -0.15) is 0 Å². The van der Waals surface area contributed by atoms with E-state index in [2.05, 4.69) is 80.0 Å². The Morgan fingerprint density at radius 2 is 1.81 bits per heavy atom. The Hall–Kier alpha value is -2.81. The molecule has 0 unspecified atom stereocenters. The first-order valence-corrected chi connectivity index (χ1v) is 10.7. The normalized spacial score (nSPS) is 11.8. The Balaban J connectivity index is 1.99. The number of aliphatic carboxylic acids is 1. The van der Waals surface area contributed by atoms with Crippen molar-refractivity contribution in [3.05, 3.63) is 65.2 Å². The number of carboxylic acid groups (broad SMARTS) is 1. The number of nitrogens with zero attached hydrogens (tertiary/aromatic N) is 2. The van der Waals surface area contributed by atoms with E-state index in [-0.39, 0.29) is 6.42 Å². The molecule has 5 heteroatoms. The van der Waals surface area contributed by atoms with Crippen LogP contribution in [0.15, 0.2) is 48.5 Å². The van der Waals surface area contributed by atoms with Crippen LogP contribution in [0.25, 0.3) is 0 Å². The third-order valence-electron chi connectivity index (χ3n) is 5.05. The molecular weight excluding hydrogens is 388 g/mol. The number of benzene rings is 2. The second kappa shape index (κ2) is 12.8. The Labute approximate surface area is 186 Å². The highest BCUT2D eigenvalue weighted by atomic mass is 16.5. The second-order valence-electron chi connectivity index (χ2n) is 8.17. The predicted octanol–water partition coefficient (Wildman–Crippen LogP) is 4.06. The fourth-order valence-electron chi connectivity index (χ4n) is 3.19. The molecule has 0 fully saturated rings. The van der Waals surface area contributed by atoms with E-state index in [0.29, 0.717) is 25.6 Å². The van der Waals surface area contributed by atoms with Gasteiger partial charge in [0.2, 0.25) is 0 Å². The van der Waals surface area contributed by atoms with Crippen LogP contribution in [0.1, 0.15) is 36.5 Å². The van der Waals surface area contributed by atoms with E-state index in [9.17, 15) is 4.79 Å². The summed E-state index contributed by atoms with van der Waals surface area (Å²) in [7, 11) is 6.18. The molecule has 0 bridgehead atoms. The third-order valence-corrected chi connectivity index (χ3v) is 5.05. The number of hydrogen-bond acceptors (Lipinski definition) is 4. The van der Waals surface area contributed by atoms with Gasteiger partial charge in [-0.05, 0) is 51.7 Å². The molecule has 0 aromatic heterocycles. The van der Waals surface area contributed by atoms with Gasteiger partial charge in [0.1, 0.15) is 12.4 Å². The molecule has 0 heterocycles. The maximum Gasteiger partial charge on any atom is 0.304 e. The first-order chi connectivity index (χ1) is 14.8. The minimum absolute atomic E-state index is 0.0968. The van der Waals surface area contributed by atoms with Crippen molar-refractivity contribution in [3.63, 3.8) is 0 Å². The maximum atomic E-state index is 10.5. The highest BCUT2D eigenvalue weighted by Gasteiger charge is 2.12. The van der Waals surface area contributed by atoms with Gasteiger partial charge in [-0.3, -0.25) is 9.69 Å². The van der Waals surface area contributed by atoms with Crippen LogP contribution in [0.4, 0.5) is 0 Å². The molecule has 1 N–H and O–H groups in total. The molecule has 1 atom stereocenters. The molecule has 0 aliphatic rings. The van der Waals surface area contributed by atoms with Crippen LogP contribution >= 0.6 is 0 Å². The molecule has 166 valence electrons. The number of carbonyl (C=O) groups is 1. The quantitative estimate of drug-likeness (QED) is 0.554. The minimum Gasteiger partial charge on any atom is -0.489 e. The average molecular weight is 423 g/mol. The molecular formula is C26H34N2O3. The summed E-state index contributed by atoms with van der Waals surface area (Å²) in [5.41, 5.74) is 3.60. The maximum absolute atomic E-state index is 10.5. The first kappa shape index (κ1) is 24.5. The Morgan fingerprint density at radius 1 is 1.06 bits per heavy atom. The van der Waals surface area contributed by atoms with Crippen molar-refractivity contribution in [1.29, 1.82) is 0 Å². The zero-order chi connectivity index (χ0) is 22.6. The third kappa shape index (κ3) is 9.25. The lowest BCUT2D eigenvalue weighted by atomic mass is 10.0. The lowest BCUT2D eigenvalue weighted by molar-refractivity contribution is -0.136. The highest BCUT2D eigenvalue weighted by Crippen LogP contribution is 2.24. The summed E-state index contributed by atoms with van der Waals surface area (Å²) in [5.74, 6) is 6.13. The van der Waals surface area contributed by atoms with Gasteiger partial charge in [-0.1, -0.05) is 48.4 Å². The van der Waals surface area contributed by atoms with Crippen molar-refractivity contribution in [1.82, 2.24) is 9.80 Å². The fraction of sp³-hybridized carbons (Fsp3) is 0.423. The van der Waals surface area contributed by atoms with Gasteiger partial charge in [-0.15, -0.1) is 5.92 Å². The Bertz CT molecular complexity index is 885. The molecule has 31 heavy (non-hydrogen) atoms. The summed E-state index contributed by atoms with van der Waals surface area (Å²) < 4.78 is 6.13. The van der Waals surface area contributed by atoms with Crippen LogP contribution in [0.5, 0.6) is 5.75 Å². The van der Waals surface area contributed by atoms with Crippen molar-refractivity contribution < 1.29 is 14.6 Å². The van der Waals surface area contributed by atoms with Gasteiger partial charge in [0.05, 0.1) is 13.0 Å². The molecule has 2 aromatic rings. The van der Waals surface area contributed by atoms with Crippen molar-refractivity contribution in [2.45, 2.75) is 45.4 Å². The zero-order valence-corrected chi connectivity index (χ0v) is 19.1. The van der Waals surface area contributed by atoms with E-state index in [1.54, 1.807) is 0 Å². The minimum atomic E-state index is -0.805. The van der Waals surface area contributed by atoms with Gasteiger partial charge < -0.3 is 14.7 Å². The number of rotatable bonds is 11. The molecule has 0 saturated carbocycles. The summed E-state index contributed by atoms with van der Waals surface area (Å²) in [6, 6.07) is 17.0. The molecule has 0 aliphatic carbocycles. The van der Waals surface area contributed by atoms with Crippen molar-refractivity contribution in [2.75, 3.05) is 27.7 Å². The molecule has 2 rings (SSSR count). The number of ether oxygens (including phenoxy) is 1. The molecule has 0 aliphatic heterocycles. The number of carboxylic acids is 1. The fourth-order valence-corrected chi connectivity index (χ4v) is 3.19. The topological polar surface area (TPSA) is 53.0 Å². The number of hydrogen-bond donors (Lipinski definition) is 1. The van der Waals surface area contributed by atoms with E-state index >= 15 is 0 Å². The van der Waals surface area contributed by atoms with Crippen LogP contribution < -0.4 is 4.74 Å². The van der Waals surface area contributed by atoms with Crippen molar-refractivity contribution in [2.24, 2.45) is 0 Å². The smallest absolute Gasteiger partial charge is 0.304 e. The lowest BCUT2D eigenvalue weighted by Gasteiger charge is -2.23. The molecule has 0 amide bonds. The van der Waals surface area contributed by atoms with Crippen LogP contribution in [-0.4, -0.2) is 54.6 Å². The summed E-state index contributed by atoms with van der Waals surface area (Å²) in [6.45, 7) is 4.19. The summed E-state index contributed by atoms with van der Waals surface area (Å²) in [5, 5.41) is 8.67. The Morgan fingerprint density at radius 3 is 2.48 bits per heavy atom. The SMILES string of the molecule is C[C@H](Cc1ccc(OCc2ccccc2)c(CN(C)C)c1)N(C)CC#CCCC(=O)O. The largest absolute Gasteiger partial charge is 0.489 e. The average Bonchev–Trinajstić information content (AvgIpc) is 2.73. The standard InChI is InChI=1S/C26H34N2O3/c1-21(28(4)16-10-6-9-13-26(29)30)17-23-14-15-25(24(18-23)19-27(2)3)31-20-22-11-7-5-8-12-22/h5,7-8,11-12,14-15,18,21H,9,13,16-17,19-20H2,1-4H3,(H,29,30)/t21-/m1/s1. The van der Waals surface area contributed by atoms with E-state index in [4.69, 9.17) is 9.84 Å². The predicted molar refractivity (Wildman–Crippen MR) is 125 cm³/mol. The van der Waals surface area contributed by atoms with Gasteiger partial charge in [0.15, 0.2) is 0 Å². The monoisotopic (exact) mass is 422 g/mol. The molecule has 2 aromatic carbocycles. The van der Waals surface area contributed by atoms with Crippen LogP contribution in [0.3, 0.4) is 0 Å². The van der Waals surface area contributed by atoms with Gasteiger partial charge in [-0.25, -0.2) is 0 Å². The lowest BCUT2D eigenvalue weighted by Crippen LogP contribution is -2.31. The highest BCUT2D eigenvalue weighted by molar-refractivity contribution is 5.67. The zero-order valence-electron chi connectivity index (χ0n) is 19.1. The summed E-state index contributed by atoms with van der Waals surface area (Å²) in [6.07, 6.45) is 1.40. The number of likely N-dealkylation sites (N-methyl/N-ethyl adjacent to an activating group) is 1. The van der Waals surface area contributed by atoms with Gasteiger partial charge in [0, 0.05) is 24.6 Å². The molecule has 5 nitrogen and oxygen atoms in total. The van der Waals surface area contributed by atoms with Crippen LogP contribution in [-0.2, 0) is 24.4 Å². The molecule has 0 saturated heterocycles. The van der Waals surface area contributed by atoms with E-state index in [1.165, 1.54) is 11.1 Å². The Kier molecular flexibility index (Phi) is 10.1.